The smallest absolute Gasteiger partial charge is 0.320 e. The van der Waals surface area contributed by atoms with Gasteiger partial charge in [0.05, 0.1) is 0 Å². The minimum atomic E-state index is -0.931. The fourth-order valence-electron chi connectivity index (χ4n) is 1.07. The zero-order chi connectivity index (χ0) is 20.9. The van der Waals surface area contributed by atoms with Crippen molar-refractivity contribution in [2.75, 3.05) is 0 Å². The lowest BCUT2D eigenvalue weighted by Crippen LogP contribution is -2.36. The summed E-state index contributed by atoms with van der Waals surface area (Å²) < 4.78 is 0. The van der Waals surface area contributed by atoms with Crippen molar-refractivity contribution in [2.45, 2.75) is 66.1 Å². The van der Waals surface area contributed by atoms with Crippen molar-refractivity contribution in [3.63, 3.8) is 0 Å². The first-order chi connectivity index (χ1) is 11.2. The average molecular weight is 365 g/mol. The fourth-order valence-corrected chi connectivity index (χ4v) is 1.07. The normalized spacial score (nSPS) is 15.0. The summed E-state index contributed by atoms with van der Waals surface area (Å²) in [5, 5.41) is 24.8. The van der Waals surface area contributed by atoms with Gasteiger partial charge in [0.1, 0.15) is 18.1 Å². The van der Waals surface area contributed by atoms with Crippen molar-refractivity contribution in [2.24, 2.45) is 35.0 Å². The largest absolute Gasteiger partial charge is 0.480 e. The van der Waals surface area contributed by atoms with Gasteiger partial charge in [-0.05, 0) is 17.8 Å². The average Bonchev–Trinajstić information content (AvgIpc) is 2.52. The molecular weight excluding hydrogens is 330 g/mol. The van der Waals surface area contributed by atoms with Crippen molar-refractivity contribution in [3.05, 3.63) is 0 Å². The maximum Gasteiger partial charge on any atom is 0.320 e. The van der Waals surface area contributed by atoms with Crippen molar-refractivity contribution < 1.29 is 29.7 Å². The van der Waals surface area contributed by atoms with Crippen LogP contribution in [0.5, 0.6) is 0 Å². The molecule has 150 valence electrons. The molecule has 0 aliphatic carbocycles. The summed E-state index contributed by atoms with van der Waals surface area (Å²) in [4.78, 5) is 30.2. The maximum absolute atomic E-state index is 10.2. The Kier molecular flexibility index (Phi) is 16.4. The Balaban J connectivity index is -0.000000291. The molecule has 0 aromatic carbocycles. The van der Waals surface area contributed by atoms with Crippen LogP contribution >= 0.6 is 0 Å². The number of rotatable bonds is 7. The number of carboxylic acids is 3. The van der Waals surface area contributed by atoms with Gasteiger partial charge in [-0.25, -0.2) is 0 Å². The molecular formula is C16H35N3O6. The number of aliphatic carboxylic acids is 3. The zero-order valence-electron chi connectivity index (χ0n) is 16.0. The van der Waals surface area contributed by atoms with Crippen LogP contribution in [0.1, 0.15) is 48.0 Å². The molecule has 0 bridgehead atoms. The van der Waals surface area contributed by atoms with Crippen LogP contribution in [-0.2, 0) is 14.4 Å². The Hall–Kier alpha value is -1.71. The van der Waals surface area contributed by atoms with E-state index in [0.717, 1.165) is 6.42 Å². The van der Waals surface area contributed by atoms with Gasteiger partial charge >= 0.3 is 17.9 Å². The van der Waals surface area contributed by atoms with Gasteiger partial charge in [0, 0.05) is 0 Å². The second-order valence-corrected chi connectivity index (χ2v) is 6.47. The van der Waals surface area contributed by atoms with E-state index in [4.69, 9.17) is 32.5 Å². The molecule has 0 amide bonds. The molecule has 25 heavy (non-hydrogen) atoms. The first-order valence-electron chi connectivity index (χ1n) is 8.15. The van der Waals surface area contributed by atoms with Gasteiger partial charge in [0.25, 0.3) is 0 Å². The molecule has 9 N–H and O–H groups in total. The number of hydrogen-bond donors (Lipinski definition) is 6. The maximum atomic E-state index is 10.2. The number of carboxylic acid groups (broad SMARTS) is 3. The number of nitrogens with two attached hydrogens (primary N) is 3. The van der Waals surface area contributed by atoms with Gasteiger partial charge in [-0.1, -0.05) is 48.0 Å². The molecule has 0 fully saturated rings. The van der Waals surface area contributed by atoms with Crippen molar-refractivity contribution >= 4 is 17.9 Å². The van der Waals surface area contributed by atoms with Gasteiger partial charge in [-0.2, -0.15) is 0 Å². The molecule has 0 rings (SSSR count). The Morgan fingerprint density at radius 3 is 0.960 bits per heavy atom. The molecule has 0 saturated carbocycles. The van der Waals surface area contributed by atoms with Gasteiger partial charge < -0.3 is 32.5 Å². The lowest BCUT2D eigenvalue weighted by atomic mass is 10.0. The second-order valence-electron chi connectivity index (χ2n) is 6.47. The Morgan fingerprint density at radius 2 is 0.920 bits per heavy atom. The van der Waals surface area contributed by atoms with Crippen LogP contribution in [0.2, 0.25) is 0 Å². The number of carbonyl (C=O) groups is 3. The molecule has 0 saturated heterocycles. The summed E-state index contributed by atoms with van der Waals surface area (Å²) >= 11 is 0. The minimum absolute atomic E-state index is 0.0208. The van der Waals surface area contributed by atoms with E-state index in [2.05, 4.69) is 0 Å². The van der Waals surface area contributed by atoms with E-state index in [1.807, 2.05) is 13.8 Å². The zero-order valence-corrected chi connectivity index (χ0v) is 16.0. The third kappa shape index (κ3) is 15.6. The van der Waals surface area contributed by atoms with Gasteiger partial charge in [0.2, 0.25) is 0 Å². The van der Waals surface area contributed by atoms with E-state index < -0.39 is 36.0 Å². The summed E-state index contributed by atoms with van der Waals surface area (Å²) in [7, 11) is 0. The summed E-state index contributed by atoms with van der Waals surface area (Å²) in [5.41, 5.74) is 15.6. The van der Waals surface area contributed by atoms with E-state index >= 15 is 0 Å². The van der Waals surface area contributed by atoms with Gasteiger partial charge in [-0.15, -0.1) is 0 Å². The molecule has 0 spiro atoms. The van der Waals surface area contributed by atoms with E-state index in [9.17, 15) is 14.4 Å². The van der Waals surface area contributed by atoms with Crippen LogP contribution in [0.3, 0.4) is 0 Å². The van der Waals surface area contributed by atoms with Gasteiger partial charge in [0.15, 0.2) is 0 Å². The highest BCUT2D eigenvalue weighted by Gasteiger charge is 2.17. The molecule has 9 heteroatoms. The molecule has 0 radical (unpaired) electrons. The molecule has 3 unspecified atom stereocenters. The first-order valence-corrected chi connectivity index (χ1v) is 8.15. The van der Waals surface area contributed by atoms with Crippen molar-refractivity contribution in [1.82, 2.24) is 0 Å². The summed E-state index contributed by atoms with van der Waals surface area (Å²) in [6.45, 7) is 10.9. The quantitative estimate of drug-likeness (QED) is 0.374. The van der Waals surface area contributed by atoms with Crippen LogP contribution in [-0.4, -0.2) is 51.4 Å². The topological polar surface area (TPSA) is 190 Å². The van der Waals surface area contributed by atoms with E-state index in [1.165, 1.54) is 0 Å². The van der Waals surface area contributed by atoms with Crippen LogP contribution in [0.15, 0.2) is 0 Å². The molecule has 0 heterocycles. The first kappa shape index (κ1) is 28.1. The third-order valence-electron chi connectivity index (χ3n) is 3.55. The lowest BCUT2D eigenvalue weighted by Gasteiger charge is -2.11. The predicted octanol–water partition coefficient (Wildman–Crippen LogP) is 0.553. The van der Waals surface area contributed by atoms with Crippen molar-refractivity contribution in [1.29, 1.82) is 0 Å². The van der Waals surface area contributed by atoms with Crippen LogP contribution in [0.25, 0.3) is 0 Å². The highest BCUT2D eigenvalue weighted by Crippen LogP contribution is 2.04. The van der Waals surface area contributed by atoms with E-state index in [-0.39, 0.29) is 17.8 Å². The Morgan fingerprint density at radius 1 is 0.680 bits per heavy atom. The lowest BCUT2D eigenvalue weighted by molar-refractivity contribution is -0.140. The van der Waals surface area contributed by atoms with Crippen molar-refractivity contribution in [3.8, 4) is 0 Å². The molecule has 0 aliphatic heterocycles. The second kappa shape index (κ2) is 14.6. The Labute approximate surface area is 149 Å². The molecule has 9 nitrogen and oxygen atoms in total. The standard InChI is InChI=1S/C6H13NO2.2C5H11NO2/c1-3-4(2)5(7)6(8)9;2*1-3(2)4(6)5(7)8/h4-5H,3,7H2,1-2H3,(H,8,9);2*3-4H,6H2,1-2H3,(H,7,8)/t;4-;/m.0./s1. The number of hydrogen-bond acceptors (Lipinski definition) is 6. The van der Waals surface area contributed by atoms with Gasteiger partial charge in [-0.3, -0.25) is 14.4 Å². The minimum Gasteiger partial charge on any atom is -0.480 e. The van der Waals surface area contributed by atoms with Crippen LogP contribution in [0.4, 0.5) is 0 Å². The SMILES string of the molecule is CC(C)C(N)C(=O)O.CC(C)[C@H](N)C(=O)O.CCC(C)C(N)C(=O)O. The van der Waals surface area contributed by atoms with Crippen LogP contribution in [0, 0.1) is 17.8 Å². The molecule has 0 aromatic rings. The fraction of sp³-hybridized carbons (Fsp3) is 0.812. The summed E-state index contributed by atoms with van der Waals surface area (Å²) in [5.74, 6) is -2.66. The third-order valence-corrected chi connectivity index (χ3v) is 3.55. The highest BCUT2D eigenvalue weighted by molar-refractivity contribution is 5.74. The van der Waals surface area contributed by atoms with Crippen LogP contribution < -0.4 is 17.2 Å². The predicted molar refractivity (Wildman–Crippen MR) is 96.0 cm³/mol. The molecule has 4 atom stereocenters. The Bertz CT molecular complexity index is 377. The molecule has 0 aromatic heterocycles. The summed E-state index contributed by atoms with van der Waals surface area (Å²) in [6, 6.07) is -2.13. The van der Waals surface area contributed by atoms with E-state index in [1.54, 1.807) is 27.7 Å². The molecule has 0 aliphatic rings. The van der Waals surface area contributed by atoms with E-state index in [0.29, 0.717) is 0 Å². The monoisotopic (exact) mass is 365 g/mol. The summed E-state index contributed by atoms with van der Waals surface area (Å²) in [6.07, 6.45) is 0.813. The highest BCUT2D eigenvalue weighted by atomic mass is 16.4.